The summed E-state index contributed by atoms with van der Waals surface area (Å²) in [6, 6.07) is 0. The SMILES string of the molecule is COC1=CC(=O)C2(N=[N+]=[N-])C(=C3C=CC2C3)C1=O. The summed E-state index contributed by atoms with van der Waals surface area (Å²) in [4.78, 5) is 27.2. The predicted molar refractivity (Wildman–Crippen MR) is 61.3 cm³/mol. The summed E-state index contributed by atoms with van der Waals surface area (Å²) in [6.07, 6.45) is 5.34. The molecule has 6 heteroatoms. The van der Waals surface area contributed by atoms with Gasteiger partial charge in [0.2, 0.25) is 5.78 Å². The van der Waals surface area contributed by atoms with E-state index in [9.17, 15) is 9.59 Å². The molecule has 0 aromatic heterocycles. The van der Waals surface area contributed by atoms with Gasteiger partial charge in [-0.05, 0) is 17.5 Å². The number of ether oxygens (including phenoxy) is 1. The van der Waals surface area contributed by atoms with E-state index in [1.165, 1.54) is 7.11 Å². The quantitative estimate of drug-likeness (QED) is 0.419. The Balaban J connectivity index is 2.31. The third-order valence-electron chi connectivity index (χ3n) is 3.72. The molecule has 0 saturated carbocycles. The number of fused-ring (bicyclic) bond motifs is 4. The Morgan fingerprint density at radius 1 is 1.56 bits per heavy atom. The van der Waals surface area contributed by atoms with Gasteiger partial charge in [0.25, 0.3) is 0 Å². The van der Waals surface area contributed by atoms with Crippen LogP contribution in [0.3, 0.4) is 0 Å². The Hall–Kier alpha value is -2.33. The summed E-state index contributed by atoms with van der Waals surface area (Å²) in [5.74, 6) is -0.973. The Morgan fingerprint density at radius 2 is 2.33 bits per heavy atom. The number of carbonyl (C=O) groups excluding carboxylic acids is 2. The maximum absolute atomic E-state index is 12.3. The third-order valence-corrected chi connectivity index (χ3v) is 3.72. The highest BCUT2D eigenvalue weighted by molar-refractivity contribution is 6.24. The summed E-state index contributed by atoms with van der Waals surface area (Å²) in [5, 5.41) is 3.66. The smallest absolute Gasteiger partial charge is 0.225 e. The van der Waals surface area contributed by atoms with E-state index < -0.39 is 5.54 Å². The minimum Gasteiger partial charge on any atom is -0.493 e. The van der Waals surface area contributed by atoms with Crippen LogP contribution >= 0.6 is 0 Å². The van der Waals surface area contributed by atoms with Crippen molar-refractivity contribution >= 4 is 11.6 Å². The highest BCUT2D eigenvalue weighted by Crippen LogP contribution is 2.52. The van der Waals surface area contributed by atoms with Gasteiger partial charge in [0.05, 0.1) is 7.11 Å². The van der Waals surface area contributed by atoms with Crippen molar-refractivity contribution in [2.75, 3.05) is 7.11 Å². The molecule has 18 heavy (non-hydrogen) atoms. The molecule has 0 spiro atoms. The van der Waals surface area contributed by atoms with Crippen LogP contribution in [0.15, 0.2) is 40.2 Å². The molecule has 3 aliphatic rings. The molecule has 0 N–H and O–H groups in total. The van der Waals surface area contributed by atoms with Gasteiger partial charge < -0.3 is 4.74 Å². The van der Waals surface area contributed by atoms with E-state index >= 15 is 0 Å². The van der Waals surface area contributed by atoms with Crippen LogP contribution in [0.2, 0.25) is 0 Å². The minimum absolute atomic E-state index is 0.00668. The fraction of sp³-hybridized carbons (Fsp3) is 0.333. The standard InChI is InChI=1S/C12H9N3O3/c1-18-8-5-9(16)12(14-15-13)7-3-2-6(4-7)10(12)11(8)17/h2-3,5,7H,4H2,1H3. The third kappa shape index (κ3) is 1.01. The van der Waals surface area contributed by atoms with E-state index in [1.54, 1.807) is 0 Å². The molecule has 0 amide bonds. The summed E-state index contributed by atoms with van der Waals surface area (Å²) in [6.45, 7) is 0. The van der Waals surface area contributed by atoms with E-state index in [0.29, 0.717) is 6.42 Å². The van der Waals surface area contributed by atoms with Gasteiger partial charge >= 0.3 is 0 Å². The minimum atomic E-state index is -1.38. The first-order chi connectivity index (χ1) is 8.65. The molecule has 0 fully saturated rings. The average molecular weight is 243 g/mol. The number of allylic oxidation sites excluding steroid dienone is 3. The van der Waals surface area contributed by atoms with Crippen LogP contribution in [0, 0.1) is 5.92 Å². The highest BCUT2D eigenvalue weighted by atomic mass is 16.5. The van der Waals surface area contributed by atoms with Crippen molar-refractivity contribution in [2.24, 2.45) is 11.0 Å². The van der Waals surface area contributed by atoms with E-state index in [2.05, 4.69) is 10.0 Å². The number of rotatable bonds is 2. The lowest BCUT2D eigenvalue weighted by molar-refractivity contribution is -0.124. The number of ketones is 2. The monoisotopic (exact) mass is 243 g/mol. The van der Waals surface area contributed by atoms with Crippen LogP contribution in [0.5, 0.6) is 0 Å². The van der Waals surface area contributed by atoms with Crippen molar-refractivity contribution in [3.8, 4) is 0 Å². The molecule has 0 radical (unpaired) electrons. The van der Waals surface area contributed by atoms with Crippen molar-refractivity contribution in [3.63, 3.8) is 0 Å². The summed E-state index contributed by atoms with van der Waals surface area (Å²) < 4.78 is 4.91. The van der Waals surface area contributed by atoms with Crippen molar-refractivity contribution in [1.29, 1.82) is 0 Å². The van der Waals surface area contributed by atoms with Crippen molar-refractivity contribution in [3.05, 3.63) is 45.6 Å². The lowest BCUT2D eigenvalue weighted by Crippen LogP contribution is -2.47. The molecule has 3 aliphatic carbocycles. The summed E-state index contributed by atoms with van der Waals surface area (Å²) in [7, 11) is 1.34. The second-order valence-corrected chi connectivity index (χ2v) is 4.43. The predicted octanol–water partition coefficient (Wildman–Crippen LogP) is 1.60. The Morgan fingerprint density at radius 3 is 3.00 bits per heavy atom. The van der Waals surface area contributed by atoms with Crippen LogP contribution < -0.4 is 0 Å². The maximum Gasteiger partial charge on any atom is 0.225 e. The van der Waals surface area contributed by atoms with E-state index in [4.69, 9.17) is 10.3 Å². The molecule has 2 unspecified atom stereocenters. The Labute approximate surface area is 102 Å². The molecule has 0 saturated heterocycles. The van der Waals surface area contributed by atoms with Crippen LogP contribution in [0.4, 0.5) is 0 Å². The molecular weight excluding hydrogens is 234 g/mol. The molecule has 2 bridgehead atoms. The maximum atomic E-state index is 12.3. The zero-order chi connectivity index (χ0) is 12.9. The molecule has 0 aromatic rings. The molecule has 6 nitrogen and oxygen atoms in total. The lowest BCUT2D eigenvalue weighted by Gasteiger charge is -2.33. The highest BCUT2D eigenvalue weighted by Gasteiger charge is 2.58. The van der Waals surface area contributed by atoms with Gasteiger partial charge in [0.15, 0.2) is 11.5 Å². The number of azide groups is 1. The number of methoxy groups -OCH3 is 1. The normalized spacial score (nSPS) is 32.3. The summed E-state index contributed by atoms with van der Waals surface area (Å²) in [5.41, 5.74) is 8.40. The van der Waals surface area contributed by atoms with Crippen molar-refractivity contribution in [2.45, 2.75) is 12.0 Å². The fourth-order valence-corrected chi connectivity index (χ4v) is 2.95. The number of hydrogen-bond acceptors (Lipinski definition) is 4. The number of carbonyl (C=O) groups is 2. The van der Waals surface area contributed by atoms with E-state index in [0.717, 1.165) is 11.6 Å². The van der Waals surface area contributed by atoms with Crippen molar-refractivity contribution < 1.29 is 14.3 Å². The number of hydrogen-bond donors (Lipinski definition) is 0. The number of Topliss-reactive ketones (excluding diaryl/α,β-unsaturated/α-hetero) is 1. The van der Waals surface area contributed by atoms with E-state index in [-0.39, 0.29) is 28.8 Å². The van der Waals surface area contributed by atoms with Crippen LogP contribution in [0.25, 0.3) is 10.4 Å². The van der Waals surface area contributed by atoms with Crippen LogP contribution in [0.1, 0.15) is 6.42 Å². The van der Waals surface area contributed by atoms with Crippen molar-refractivity contribution in [1.82, 2.24) is 0 Å². The molecule has 2 atom stereocenters. The van der Waals surface area contributed by atoms with Gasteiger partial charge in [-0.25, -0.2) is 0 Å². The largest absolute Gasteiger partial charge is 0.493 e. The first-order valence-electron chi connectivity index (χ1n) is 5.48. The summed E-state index contributed by atoms with van der Waals surface area (Å²) >= 11 is 0. The average Bonchev–Trinajstić information content (AvgIpc) is 2.94. The molecular formula is C12H9N3O3. The van der Waals surface area contributed by atoms with E-state index in [1.807, 2.05) is 12.2 Å². The Kier molecular flexibility index (Phi) is 2.00. The van der Waals surface area contributed by atoms with Gasteiger partial charge in [-0.2, -0.15) is 0 Å². The van der Waals surface area contributed by atoms with Crippen LogP contribution in [-0.2, 0) is 14.3 Å². The Bertz CT molecular complexity index is 622. The fourth-order valence-electron chi connectivity index (χ4n) is 2.95. The number of nitrogens with zero attached hydrogens (tertiary/aromatic N) is 3. The molecule has 0 aliphatic heterocycles. The zero-order valence-electron chi connectivity index (χ0n) is 9.58. The van der Waals surface area contributed by atoms with Crippen LogP contribution in [-0.4, -0.2) is 24.2 Å². The second-order valence-electron chi connectivity index (χ2n) is 4.43. The van der Waals surface area contributed by atoms with Gasteiger partial charge in [-0.15, -0.1) is 0 Å². The van der Waals surface area contributed by atoms with Gasteiger partial charge in [-0.3, -0.25) is 9.59 Å². The second kappa shape index (κ2) is 3.34. The first-order valence-corrected chi connectivity index (χ1v) is 5.48. The van der Waals surface area contributed by atoms with Gasteiger partial charge in [0, 0.05) is 22.5 Å². The lowest BCUT2D eigenvalue weighted by atomic mass is 9.73. The van der Waals surface area contributed by atoms with Gasteiger partial charge in [-0.1, -0.05) is 17.3 Å². The van der Waals surface area contributed by atoms with Gasteiger partial charge in [0.1, 0.15) is 5.54 Å². The molecule has 0 aromatic carbocycles. The molecule has 90 valence electrons. The molecule has 0 heterocycles. The molecule has 3 rings (SSSR count). The topological polar surface area (TPSA) is 92.1 Å². The zero-order valence-corrected chi connectivity index (χ0v) is 9.58. The first kappa shape index (κ1) is 10.8.